The molecule has 0 spiro atoms. The maximum absolute atomic E-state index is 12.6. The summed E-state index contributed by atoms with van der Waals surface area (Å²) in [5.74, 6) is 1.70. The molecule has 0 radical (unpaired) electrons. The SMILES string of the molecule is COc1ccc(-c2cc(Oc3cccc(C(=O)NC4CCCCC4)c3)ncn2)cc1. The highest BCUT2D eigenvalue weighted by atomic mass is 16.5. The third-order valence-electron chi connectivity index (χ3n) is 5.29. The molecule has 3 aromatic rings. The largest absolute Gasteiger partial charge is 0.497 e. The van der Waals surface area contributed by atoms with Gasteiger partial charge in [-0.25, -0.2) is 9.97 Å². The summed E-state index contributed by atoms with van der Waals surface area (Å²) in [4.78, 5) is 21.1. The lowest BCUT2D eigenvalue weighted by Gasteiger charge is -2.22. The van der Waals surface area contributed by atoms with Crippen LogP contribution in [0.1, 0.15) is 42.5 Å². The van der Waals surface area contributed by atoms with E-state index in [4.69, 9.17) is 9.47 Å². The minimum absolute atomic E-state index is 0.0611. The van der Waals surface area contributed by atoms with Crippen molar-refractivity contribution in [3.05, 3.63) is 66.5 Å². The van der Waals surface area contributed by atoms with Crippen LogP contribution in [-0.4, -0.2) is 29.0 Å². The van der Waals surface area contributed by atoms with Gasteiger partial charge in [0.15, 0.2) is 0 Å². The van der Waals surface area contributed by atoms with Gasteiger partial charge >= 0.3 is 0 Å². The summed E-state index contributed by atoms with van der Waals surface area (Å²) in [5, 5.41) is 3.14. The molecule has 0 saturated heterocycles. The number of ether oxygens (including phenoxy) is 2. The van der Waals surface area contributed by atoms with E-state index >= 15 is 0 Å². The van der Waals surface area contributed by atoms with Crippen LogP contribution < -0.4 is 14.8 Å². The quantitative estimate of drug-likeness (QED) is 0.626. The molecule has 2 aromatic carbocycles. The van der Waals surface area contributed by atoms with Crippen LogP contribution in [0.3, 0.4) is 0 Å². The Morgan fingerprint density at radius 1 is 0.967 bits per heavy atom. The van der Waals surface area contributed by atoms with Crippen LogP contribution in [0.5, 0.6) is 17.4 Å². The Labute approximate surface area is 176 Å². The minimum atomic E-state index is -0.0611. The number of methoxy groups -OCH3 is 1. The van der Waals surface area contributed by atoms with Crippen molar-refractivity contribution in [3.8, 4) is 28.6 Å². The number of rotatable bonds is 6. The number of carbonyl (C=O) groups is 1. The van der Waals surface area contributed by atoms with E-state index in [1.165, 1.54) is 25.6 Å². The monoisotopic (exact) mass is 403 g/mol. The lowest BCUT2D eigenvalue weighted by atomic mass is 9.95. The Kier molecular flexibility index (Phi) is 6.23. The van der Waals surface area contributed by atoms with E-state index in [1.807, 2.05) is 36.4 Å². The van der Waals surface area contributed by atoms with Crippen molar-refractivity contribution in [2.45, 2.75) is 38.1 Å². The van der Waals surface area contributed by atoms with Crippen molar-refractivity contribution in [2.24, 2.45) is 0 Å². The van der Waals surface area contributed by atoms with Gasteiger partial charge in [0.2, 0.25) is 5.88 Å². The van der Waals surface area contributed by atoms with Crippen LogP contribution in [0.2, 0.25) is 0 Å². The van der Waals surface area contributed by atoms with Crippen molar-refractivity contribution in [2.75, 3.05) is 7.11 Å². The molecule has 0 bridgehead atoms. The maximum atomic E-state index is 12.6. The number of benzene rings is 2. The highest BCUT2D eigenvalue weighted by Crippen LogP contribution is 2.26. The van der Waals surface area contributed by atoms with Gasteiger partial charge < -0.3 is 14.8 Å². The summed E-state index contributed by atoms with van der Waals surface area (Å²) in [6.07, 6.45) is 7.19. The normalized spacial score (nSPS) is 14.2. The Morgan fingerprint density at radius 2 is 1.77 bits per heavy atom. The van der Waals surface area contributed by atoms with Gasteiger partial charge in [0.25, 0.3) is 5.91 Å². The van der Waals surface area contributed by atoms with E-state index < -0.39 is 0 Å². The highest BCUT2D eigenvalue weighted by molar-refractivity contribution is 5.94. The molecule has 154 valence electrons. The molecule has 0 unspecified atom stereocenters. The summed E-state index contributed by atoms with van der Waals surface area (Å²) in [5.41, 5.74) is 2.26. The molecule has 1 amide bonds. The first-order valence-electron chi connectivity index (χ1n) is 10.3. The number of aromatic nitrogens is 2. The molecule has 1 aliphatic carbocycles. The first-order chi connectivity index (χ1) is 14.7. The predicted octanol–water partition coefficient (Wildman–Crippen LogP) is 5.01. The van der Waals surface area contributed by atoms with E-state index in [0.717, 1.165) is 29.8 Å². The molecular formula is C24H25N3O3. The molecule has 30 heavy (non-hydrogen) atoms. The predicted molar refractivity (Wildman–Crippen MR) is 115 cm³/mol. The molecule has 1 aromatic heterocycles. The van der Waals surface area contributed by atoms with Crippen molar-refractivity contribution in [1.29, 1.82) is 0 Å². The van der Waals surface area contributed by atoms with Gasteiger partial charge in [0.1, 0.15) is 17.8 Å². The van der Waals surface area contributed by atoms with E-state index in [1.54, 1.807) is 25.3 Å². The first kappa shape index (κ1) is 19.9. The second-order valence-corrected chi connectivity index (χ2v) is 7.41. The van der Waals surface area contributed by atoms with Crippen molar-refractivity contribution in [3.63, 3.8) is 0 Å². The Balaban J connectivity index is 1.46. The molecule has 1 N–H and O–H groups in total. The minimum Gasteiger partial charge on any atom is -0.497 e. The van der Waals surface area contributed by atoms with Crippen molar-refractivity contribution >= 4 is 5.91 Å². The number of carbonyl (C=O) groups excluding carboxylic acids is 1. The molecule has 0 aliphatic heterocycles. The number of hydrogen-bond donors (Lipinski definition) is 1. The van der Waals surface area contributed by atoms with E-state index in [9.17, 15) is 4.79 Å². The van der Waals surface area contributed by atoms with Crippen LogP contribution in [-0.2, 0) is 0 Å². The molecule has 1 heterocycles. The summed E-state index contributed by atoms with van der Waals surface area (Å²) < 4.78 is 11.1. The molecule has 1 saturated carbocycles. The first-order valence-corrected chi connectivity index (χ1v) is 10.3. The summed E-state index contributed by atoms with van der Waals surface area (Å²) >= 11 is 0. The number of amides is 1. The van der Waals surface area contributed by atoms with Gasteiger partial charge in [-0.3, -0.25) is 4.79 Å². The second kappa shape index (κ2) is 9.39. The molecule has 6 nitrogen and oxygen atoms in total. The Bertz CT molecular complexity index is 999. The van der Waals surface area contributed by atoms with E-state index in [0.29, 0.717) is 17.2 Å². The third kappa shape index (κ3) is 4.95. The standard InChI is InChI=1S/C24H25N3O3/c1-29-20-12-10-17(11-13-20)22-15-23(26-16-25-22)30-21-9-5-6-18(14-21)24(28)27-19-7-3-2-4-8-19/h5-6,9-16,19H,2-4,7-8H2,1H3,(H,27,28). The fraction of sp³-hybridized carbons (Fsp3) is 0.292. The molecule has 6 heteroatoms. The molecule has 1 fully saturated rings. The maximum Gasteiger partial charge on any atom is 0.251 e. The lowest BCUT2D eigenvalue weighted by Crippen LogP contribution is -2.36. The summed E-state index contributed by atoms with van der Waals surface area (Å²) in [6.45, 7) is 0. The smallest absolute Gasteiger partial charge is 0.251 e. The van der Waals surface area contributed by atoms with Gasteiger partial charge in [-0.1, -0.05) is 25.3 Å². The zero-order chi connectivity index (χ0) is 20.8. The average molecular weight is 403 g/mol. The van der Waals surface area contributed by atoms with E-state index in [2.05, 4.69) is 15.3 Å². The number of nitrogens with one attached hydrogen (secondary N) is 1. The third-order valence-corrected chi connectivity index (χ3v) is 5.29. The second-order valence-electron chi connectivity index (χ2n) is 7.41. The fourth-order valence-electron chi connectivity index (χ4n) is 3.65. The Hall–Kier alpha value is -3.41. The van der Waals surface area contributed by atoms with Crippen LogP contribution in [0.25, 0.3) is 11.3 Å². The zero-order valence-electron chi connectivity index (χ0n) is 17.0. The molecule has 0 atom stereocenters. The lowest BCUT2D eigenvalue weighted by molar-refractivity contribution is 0.0927. The molecule has 4 rings (SSSR count). The summed E-state index contributed by atoms with van der Waals surface area (Å²) in [6, 6.07) is 16.8. The van der Waals surface area contributed by atoms with Crippen LogP contribution >= 0.6 is 0 Å². The van der Waals surface area contributed by atoms with Gasteiger partial charge in [-0.15, -0.1) is 0 Å². The van der Waals surface area contributed by atoms with Crippen molar-refractivity contribution in [1.82, 2.24) is 15.3 Å². The zero-order valence-corrected chi connectivity index (χ0v) is 17.0. The van der Waals surface area contributed by atoms with Gasteiger partial charge in [-0.05, 0) is 55.3 Å². The topological polar surface area (TPSA) is 73.3 Å². The van der Waals surface area contributed by atoms with Crippen LogP contribution in [0.4, 0.5) is 0 Å². The van der Waals surface area contributed by atoms with Gasteiger partial charge in [0.05, 0.1) is 12.8 Å². The van der Waals surface area contributed by atoms with Gasteiger partial charge in [-0.2, -0.15) is 0 Å². The van der Waals surface area contributed by atoms with Crippen LogP contribution in [0, 0.1) is 0 Å². The number of hydrogen-bond acceptors (Lipinski definition) is 5. The fourth-order valence-corrected chi connectivity index (χ4v) is 3.65. The Morgan fingerprint density at radius 3 is 2.53 bits per heavy atom. The average Bonchev–Trinajstić information content (AvgIpc) is 2.80. The van der Waals surface area contributed by atoms with E-state index in [-0.39, 0.29) is 11.9 Å². The number of nitrogens with zero attached hydrogens (tertiary/aromatic N) is 2. The van der Waals surface area contributed by atoms with Crippen molar-refractivity contribution < 1.29 is 14.3 Å². The molecule has 1 aliphatic rings. The highest BCUT2D eigenvalue weighted by Gasteiger charge is 2.17. The summed E-state index contributed by atoms with van der Waals surface area (Å²) in [7, 11) is 1.63. The van der Waals surface area contributed by atoms with Gasteiger partial charge in [0, 0.05) is 23.2 Å². The molecular weight excluding hydrogens is 378 g/mol. The van der Waals surface area contributed by atoms with Crippen LogP contribution in [0.15, 0.2) is 60.9 Å².